The van der Waals surface area contributed by atoms with Crippen molar-refractivity contribution in [3.8, 4) is 5.75 Å². The first-order chi connectivity index (χ1) is 9.65. The summed E-state index contributed by atoms with van der Waals surface area (Å²) in [5.74, 6) is -0.794. The highest BCUT2D eigenvalue weighted by atomic mass is 19.2. The first kappa shape index (κ1) is 13.1. The van der Waals surface area contributed by atoms with Crippen LogP contribution in [0.4, 0.5) is 8.78 Å². The fourth-order valence-corrected chi connectivity index (χ4v) is 2.57. The monoisotopic (exact) mass is 275 g/mol. The van der Waals surface area contributed by atoms with Gasteiger partial charge in [-0.15, -0.1) is 0 Å². The molecule has 1 aliphatic heterocycles. The molecule has 0 spiro atoms. The van der Waals surface area contributed by atoms with Crippen LogP contribution in [0.15, 0.2) is 42.5 Å². The zero-order chi connectivity index (χ0) is 14.1. The normalized spacial score (nSPS) is 19.1. The molecule has 2 aromatic rings. The van der Waals surface area contributed by atoms with Gasteiger partial charge < -0.3 is 10.5 Å². The second-order valence-corrected chi connectivity index (χ2v) is 5.08. The van der Waals surface area contributed by atoms with Gasteiger partial charge in [0.1, 0.15) is 5.75 Å². The fraction of sp³-hybridized carbons (Fsp3) is 0.250. The summed E-state index contributed by atoms with van der Waals surface area (Å²) in [5.41, 5.74) is 7.87. The van der Waals surface area contributed by atoms with E-state index in [1.807, 2.05) is 24.3 Å². The van der Waals surface area contributed by atoms with Crippen LogP contribution in [0.3, 0.4) is 0 Å². The summed E-state index contributed by atoms with van der Waals surface area (Å²) in [7, 11) is 0. The minimum atomic E-state index is -0.866. The first-order valence-electron chi connectivity index (χ1n) is 6.56. The molecular formula is C16H15F2NO. The molecule has 20 heavy (non-hydrogen) atoms. The molecule has 104 valence electrons. The van der Waals surface area contributed by atoms with Gasteiger partial charge in [0.05, 0.1) is 6.61 Å². The van der Waals surface area contributed by atoms with Crippen molar-refractivity contribution in [1.29, 1.82) is 0 Å². The van der Waals surface area contributed by atoms with Gasteiger partial charge in [-0.25, -0.2) is 8.78 Å². The van der Waals surface area contributed by atoms with E-state index in [1.54, 1.807) is 0 Å². The molecule has 2 unspecified atom stereocenters. The summed E-state index contributed by atoms with van der Waals surface area (Å²) in [6.07, 6.45) is 0.774. The average Bonchev–Trinajstić information content (AvgIpc) is 2.49. The highest BCUT2D eigenvalue weighted by molar-refractivity contribution is 5.36. The number of rotatable bonds is 2. The molecule has 2 atom stereocenters. The Hall–Kier alpha value is -1.94. The summed E-state index contributed by atoms with van der Waals surface area (Å²) in [4.78, 5) is 0. The Balaban J connectivity index is 1.82. The molecule has 1 heterocycles. The summed E-state index contributed by atoms with van der Waals surface area (Å²) in [6.45, 7) is 0.483. The van der Waals surface area contributed by atoms with Crippen molar-refractivity contribution >= 4 is 0 Å². The van der Waals surface area contributed by atoms with Crippen molar-refractivity contribution in [2.45, 2.75) is 12.5 Å². The second-order valence-electron chi connectivity index (χ2n) is 5.08. The topological polar surface area (TPSA) is 35.2 Å². The van der Waals surface area contributed by atoms with E-state index >= 15 is 0 Å². The van der Waals surface area contributed by atoms with Crippen molar-refractivity contribution in [2.75, 3.05) is 6.61 Å². The van der Waals surface area contributed by atoms with Crippen LogP contribution in [0.2, 0.25) is 0 Å². The van der Waals surface area contributed by atoms with Gasteiger partial charge in [-0.05, 0) is 35.7 Å². The molecule has 0 saturated carbocycles. The molecule has 0 amide bonds. The van der Waals surface area contributed by atoms with E-state index in [4.69, 9.17) is 10.5 Å². The van der Waals surface area contributed by atoms with Gasteiger partial charge in [-0.2, -0.15) is 0 Å². The third kappa shape index (κ3) is 2.39. The van der Waals surface area contributed by atoms with Crippen LogP contribution >= 0.6 is 0 Å². The lowest BCUT2D eigenvalue weighted by Crippen LogP contribution is -2.31. The van der Waals surface area contributed by atoms with Crippen molar-refractivity contribution in [2.24, 2.45) is 11.7 Å². The maximum absolute atomic E-state index is 13.3. The van der Waals surface area contributed by atoms with Crippen molar-refractivity contribution in [3.63, 3.8) is 0 Å². The summed E-state index contributed by atoms with van der Waals surface area (Å²) < 4.78 is 31.9. The molecule has 4 heteroatoms. The minimum Gasteiger partial charge on any atom is -0.493 e. The van der Waals surface area contributed by atoms with Crippen LogP contribution in [0.5, 0.6) is 5.75 Å². The molecule has 0 saturated heterocycles. The maximum Gasteiger partial charge on any atom is 0.159 e. The van der Waals surface area contributed by atoms with Crippen LogP contribution in [0, 0.1) is 17.6 Å². The largest absolute Gasteiger partial charge is 0.493 e. The molecule has 0 aliphatic carbocycles. The van der Waals surface area contributed by atoms with Crippen LogP contribution in [-0.4, -0.2) is 6.61 Å². The number of ether oxygens (including phenoxy) is 1. The van der Waals surface area contributed by atoms with E-state index in [0.29, 0.717) is 12.2 Å². The Bertz CT molecular complexity index is 630. The Morgan fingerprint density at radius 1 is 1.10 bits per heavy atom. The number of benzene rings is 2. The predicted molar refractivity (Wildman–Crippen MR) is 72.4 cm³/mol. The van der Waals surface area contributed by atoms with Gasteiger partial charge in [0, 0.05) is 12.0 Å². The Kier molecular flexibility index (Phi) is 3.40. The quantitative estimate of drug-likeness (QED) is 0.913. The molecule has 1 aliphatic rings. The zero-order valence-corrected chi connectivity index (χ0v) is 10.9. The van der Waals surface area contributed by atoms with E-state index in [9.17, 15) is 8.78 Å². The third-order valence-electron chi connectivity index (χ3n) is 3.74. The van der Waals surface area contributed by atoms with Gasteiger partial charge >= 0.3 is 0 Å². The molecule has 2 nitrogen and oxygen atoms in total. The Morgan fingerprint density at radius 3 is 2.70 bits per heavy atom. The number of para-hydroxylation sites is 1. The molecule has 0 radical (unpaired) electrons. The average molecular weight is 275 g/mol. The molecule has 2 N–H and O–H groups in total. The Labute approximate surface area is 116 Å². The number of halogens is 2. The van der Waals surface area contributed by atoms with Crippen molar-refractivity contribution in [3.05, 3.63) is 65.2 Å². The van der Waals surface area contributed by atoms with E-state index < -0.39 is 11.6 Å². The molecule has 2 aromatic carbocycles. The highest BCUT2D eigenvalue weighted by Gasteiger charge is 2.26. The second kappa shape index (κ2) is 5.21. The van der Waals surface area contributed by atoms with Crippen LogP contribution < -0.4 is 10.5 Å². The van der Waals surface area contributed by atoms with Crippen LogP contribution in [0.25, 0.3) is 0 Å². The van der Waals surface area contributed by atoms with Crippen molar-refractivity contribution in [1.82, 2.24) is 0 Å². The van der Waals surface area contributed by atoms with Crippen LogP contribution in [0.1, 0.15) is 17.2 Å². The summed E-state index contributed by atoms with van der Waals surface area (Å²) in [6, 6.07) is 11.2. The smallest absolute Gasteiger partial charge is 0.159 e. The lowest BCUT2D eigenvalue weighted by atomic mass is 9.87. The van der Waals surface area contributed by atoms with E-state index in [-0.39, 0.29) is 12.0 Å². The first-order valence-corrected chi connectivity index (χ1v) is 6.56. The predicted octanol–water partition coefficient (Wildman–Crippen LogP) is 3.22. The standard InChI is InChI=1S/C16H15F2NO/c17-13-6-5-11(8-14(13)18)16(19)12-7-10-3-1-2-4-15(10)20-9-12/h1-6,8,12,16H,7,9,19H2. The van der Waals surface area contributed by atoms with Crippen LogP contribution in [-0.2, 0) is 6.42 Å². The molecule has 0 aromatic heterocycles. The van der Waals surface area contributed by atoms with Gasteiger partial charge in [-0.1, -0.05) is 24.3 Å². The molecule has 0 bridgehead atoms. The minimum absolute atomic E-state index is 0.0507. The lowest BCUT2D eigenvalue weighted by Gasteiger charge is -2.29. The van der Waals surface area contributed by atoms with Gasteiger partial charge in [0.25, 0.3) is 0 Å². The molecule has 3 rings (SSSR count). The molecule has 0 fully saturated rings. The number of hydrogen-bond acceptors (Lipinski definition) is 2. The number of fused-ring (bicyclic) bond motifs is 1. The number of nitrogens with two attached hydrogens (primary N) is 1. The van der Waals surface area contributed by atoms with E-state index in [1.165, 1.54) is 12.1 Å². The van der Waals surface area contributed by atoms with E-state index in [0.717, 1.165) is 23.8 Å². The third-order valence-corrected chi connectivity index (χ3v) is 3.74. The lowest BCUT2D eigenvalue weighted by molar-refractivity contribution is 0.199. The number of hydrogen-bond donors (Lipinski definition) is 1. The van der Waals surface area contributed by atoms with Gasteiger partial charge in [-0.3, -0.25) is 0 Å². The van der Waals surface area contributed by atoms with Gasteiger partial charge in [0.2, 0.25) is 0 Å². The van der Waals surface area contributed by atoms with Gasteiger partial charge in [0.15, 0.2) is 11.6 Å². The highest BCUT2D eigenvalue weighted by Crippen LogP contribution is 2.32. The fourth-order valence-electron chi connectivity index (χ4n) is 2.57. The molecular weight excluding hydrogens is 260 g/mol. The maximum atomic E-state index is 13.3. The Morgan fingerprint density at radius 2 is 1.90 bits per heavy atom. The van der Waals surface area contributed by atoms with E-state index in [2.05, 4.69) is 0 Å². The zero-order valence-electron chi connectivity index (χ0n) is 10.9. The SMILES string of the molecule is NC(c1ccc(F)c(F)c1)C1COc2ccccc2C1. The van der Waals surface area contributed by atoms with Crippen molar-refractivity contribution < 1.29 is 13.5 Å². The summed E-state index contributed by atoms with van der Waals surface area (Å²) in [5, 5.41) is 0. The summed E-state index contributed by atoms with van der Waals surface area (Å²) >= 11 is 0.